The number of amides is 3. The highest BCUT2D eigenvalue weighted by atomic mass is 16.3. The van der Waals surface area contributed by atoms with Crippen LogP contribution >= 0.6 is 0 Å². The highest BCUT2D eigenvalue weighted by Gasteiger charge is 2.31. The van der Waals surface area contributed by atoms with Gasteiger partial charge in [-0.05, 0) is 48.5 Å². The molecular weight excluding hydrogens is 420 g/mol. The van der Waals surface area contributed by atoms with Gasteiger partial charge in [0.05, 0.1) is 24.4 Å². The molecule has 0 bridgehead atoms. The number of carbonyl (C=O) groups is 3. The van der Waals surface area contributed by atoms with E-state index < -0.39 is 11.8 Å². The van der Waals surface area contributed by atoms with Crippen molar-refractivity contribution in [3.63, 3.8) is 0 Å². The van der Waals surface area contributed by atoms with Crippen LogP contribution in [-0.4, -0.2) is 40.9 Å². The molecule has 0 spiro atoms. The van der Waals surface area contributed by atoms with Crippen LogP contribution < -0.4 is 16.0 Å². The maximum absolute atomic E-state index is 12.9. The predicted molar refractivity (Wildman–Crippen MR) is 126 cm³/mol. The number of β-amino-alcohol motifs (C(OH)–C–C–N with tert-alkyl or cyclic N) is 1. The zero-order valence-corrected chi connectivity index (χ0v) is 17.6. The fourth-order valence-corrected chi connectivity index (χ4v) is 3.37. The lowest BCUT2D eigenvalue weighted by Gasteiger charge is -2.15. The molecule has 0 aliphatic carbocycles. The van der Waals surface area contributed by atoms with Crippen LogP contribution in [0.1, 0.15) is 10.4 Å². The number of para-hydroxylation sites is 2. The summed E-state index contributed by atoms with van der Waals surface area (Å²) in [6.07, 6.45) is 1.16. The van der Waals surface area contributed by atoms with Crippen molar-refractivity contribution in [2.45, 2.75) is 0 Å². The molecule has 0 aromatic heterocycles. The van der Waals surface area contributed by atoms with E-state index in [1.165, 1.54) is 0 Å². The SMILES string of the molecule is O=C(Nc1ccc(Nc2ccccc2)cc1)c1ccccc1NC1=CC(=O)N(CCO)C1=O. The third-order valence-corrected chi connectivity index (χ3v) is 4.98. The summed E-state index contributed by atoms with van der Waals surface area (Å²) in [5, 5.41) is 18.0. The van der Waals surface area contributed by atoms with Gasteiger partial charge in [0.1, 0.15) is 5.70 Å². The maximum atomic E-state index is 12.9. The minimum absolute atomic E-state index is 0.0463. The Kier molecular flexibility index (Phi) is 6.47. The minimum Gasteiger partial charge on any atom is -0.395 e. The molecule has 3 aromatic rings. The first-order valence-corrected chi connectivity index (χ1v) is 10.3. The van der Waals surface area contributed by atoms with Gasteiger partial charge in [0, 0.05) is 23.1 Å². The summed E-state index contributed by atoms with van der Waals surface area (Å²) < 4.78 is 0. The lowest BCUT2D eigenvalue weighted by Crippen LogP contribution is -2.34. The van der Waals surface area contributed by atoms with Crippen molar-refractivity contribution in [2.24, 2.45) is 0 Å². The Labute approximate surface area is 190 Å². The molecule has 33 heavy (non-hydrogen) atoms. The van der Waals surface area contributed by atoms with Crippen molar-refractivity contribution in [1.82, 2.24) is 4.90 Å². The summed E-state index contributed by atoms with van der Waals surface area (Å²) in [6.45, 7) is -0.409. The molecule has 1 aliphatic heterocycles. The number of anilines is 4. The van der Waals surface area contributed by atoms with Gasteiger partial charge in [0.15, 0.2) is 0 Å². The minimum atomic E-state index is -0.550. The van der Waals surface area contributed by atoms with E-state index in [0.29, 0.717) is 16.9 Å². The first-order valence-electron chi connectivity index (χ1n) is 10.3. The number of rotatable bonds is 8. The second kappa shape index (κ2) is 9.80. The second-order valence-corrected chi connectivity index (χ2v) is 7.27. The van der Waals surface area contributed by atoms with Gasteiger partial charge in [-0.25, -0.2) is 0 Å². The van der Waals surface area contributed by atoms with Crippen LogP contribution in [0.15, 0.2) is 90.6 Å². The van der Waals surface area contributed by atoms with Crippen LogP contribution in [0, 0.1) is 0 Å². The Bertz CT molecular complexity index is 1210. The van der Waals surface area contributed by atoms with Gasteiger partial charge < -0.3 is 21.1 Å². The smallest absolute Gasteiger partial charge is 0.277 e. The number of hydrogen-bond acceptors (Lipinski definition) is 6. The Hall–Kier alpha value is -4.43. The fraction of sp³-hybridized carbons (Fsp3) is 0.0800. The lowest BCUT2D eigenvalue weighted by atomic mass is 10.1. The number of hydrogen-bond donors (Lipinski definition) is 4. The Morgan fingerprint density at radius 3 is 2.15 bits per heavy atom. The van der Waals surface area contributed by atoms with Crippen LogP contribution in [0.2, 0.25) is 0 Å². The van der Waals surface area contributed by atoms with Crippen LogP contribution in [0.5, 0.6) is 0 Å². The molecular formula is C25H22N4O4. The van der Waals surface area contributed by atoms with Crippen LogP contribution in [0.25, 0.3) is 0 Å². The number of nitrogens with zero attached hydrogens (tertiary/aromatic N) is 1. The number of imide groups is 1. The van der Waals surface area contributed by atoms with Gasteiger partial charge in [-0.15, -0.1) is 0 Å². The van der Waals surface area contributed by atoms with Gasteiger partial charge >= 0.3 is 0 Å². The molecule has 0 saturated carbocycles. The summed E-state index contributed by atoms with van der Waals surface area (Å²) in [5.74, 6) is -1.43. The molecule has 0 saturated heterocycles. The van der Waals surface area contributed by atoms with Crippen molar-refractivity contribution in [3.05, 3.63) is 96.2 Å². The Balaban J connectivity index is 1.45. The molecule has 1 aliphatic rings. The van der Waals surface area contributed by atoms with E-state index in [1.807, 2.05) is 42.5 Å². The quantitative estimate of drug-likeness (QED) is 0.398. The normalized spacial score (nSPS) is 13.0. The molecule has 4 N–H and O–H groups in total. The summed E-state index contributed by atoms with van der Waals surface area (Å²) >= 11 is 0. The Morgan fingerprint density at radius 1 is 0.788 bits per heavy atom. The first-order chi connectivity index (χ1) is 16.0. The lowest BCUT2D eigenvalue weighted by molar-refractivity contribution is -0.137. The number of benzene rings is 3. The number of aliphatic hydroxyl groups excluding tert-OH is 1. The van der Waals surface area contributed by atoms with E-state index in [9.17, 15) is 14.4 Å². The average molecular weight is 442 g/mol. The van der Waals surface area contributed by atoms with Gasteiger partial charge in [-0.1, -0.05) is 30.3 Å². The summed E-state index contributed by atoms with van der Waals surface area (Å²) in [5.41, 5.74) is 3.19. The van der Waals surface area contributed by atoms with Crippen LogP contribution in [0.4, 0.5) is 22.7 Å². The molecule has 3 amide bonds. The molecule has 4 rings (SSSR count). The highest BCUT2D eigenvalue weighted by Crippen LogP contribution is 2.23. The predicted octanol–water partition coefficient (Wildman–Crippen LogP) is 3.34. The molecule has 0 fully saturated rings. The van der Waals surface area contributed by atoms with Crippen molar-refractivity contribution in [1.29, 1.82) is 0 Å². The second-order valence-electron chi connectivity index (χ2n) is 7.27. The zero-order valence-electron chi connectivity index (χ0n) is 17.6. The molecule has 0 radical (unpaired) electrons. The molecule has 166 valence electrons. The molecule has 8 nitrogen and oxygen atoms in total. The summed E-state index contributed by atoms with van der Waals surface area (Å²) in [6, 6.07) is 23.7. The van der Waals surface area contributed by atoms with Gasteiger partial charge in [0.25, 0.3) is 17.7 Å². The molecule has 8 heteroatoms. The molecule has 0 atom stereocenters. The molecule has 0 unspecified atom stereocenters. The van der Waals surface area contributed by atoms with Crippen molar-refractivity contribution < 1.29 is 19.5 Å². The fourth-order valence-electron chi connectivity index (χ4n) is 3.37. The number of carbonyl (C=O) groups excluding carboxylic acids is 3. The average Bonchev–Trinajstić information content (AvgIpc) is 3.09. The first kappa shape index (κ1) is 21.8. The molecule has 3 aromatic carbocycles. The van der Waals surface area contributed by atoms with Gasteiger partial charge in [-0.2, -0.15) is 0 Å². The van der Waals surface area contributed by atoms with Gasteiger partial charge in [-0.3, -0.25) is 19.3 Å². The van der Waals surface area contributed by atoms with E-state index in [1.54, 1.807) is 36.4 Å². The maximum Gasteiger partial charge on any atom is 0.277 e. The zero-order chi connectivity index (χ0) is 23.2. The van der Waals surface area contributed by atoms with E-state index in [-0.39, 0.29) is 24.8 Å². The van der Waals surface area contributed by atoms with E-state index >= 15 is 0 Å². The monoisotopic (exact) mass is 442 g/mol. The standard InChI is InChI=1S/C25H22N4O4/c30-15-14-29-23(31)16-22(25(29)33)28-21-9-5-4-8-20(21)24(32)27-19-12-10-18(11-13-19)26-17-6-2-1-3-7-17/h1-13,16,26,28,30H,14-15H2,(H,27,32). The number of aliphatic hydroxyl groups is 1. The van der Waals surface area contributed by atoms with Gasteiger partial charge in [0.2, 0.25) is 0 Å². The van der Waals surface area contributed by atoms with Crippen LogP contribution in [-0.2, 0) is 9.59 Å². The van der Waals surface area contributed by atoms with Crippen molar-refractivity contribution in [2.75, 3.05) is 29.1 Å². The van der Waals surface area contributed by atoms with E-state index in [0.717, 1.165) is 22.4 Å². The van der Waals surface area contributed by atoms with Crippen molar-refractivity contribution >= 4 is 40.5 Å². The largest absolute Gasteiger partial charge is 0.395 e. The highest BCUT2D eigenvalue weighted by molar-refractivity contribution is 6.18. The Morgan fingerprint density at radius 2 is 1.42 bits per heavy atom. The van der Waals surface area contributed by atoms with E-state index in [4.69, 9.17) is 5.11 Å². The summed E-state index contributed by atoms with van der Waals surface area (Å²) in [7, 11) is 0. The van der Waals surface area contributed by atoms with Crippen LogP contribution in [0.3, 0.4) is 0 Å². The number of nitrogens with one attached hydrogen (secondary N) is 3. The topological polar surface area (TPSA) is 111 Å². The summed E-state index contributed by atoms with van der Waals surface area (Å²) in [4.78, 5) is 38.2. The molecule has 1 heterocycles. The third kappa shape index (κ3) is 5.08. The third-order valence-electron chi connectivity index (χ3n) is 4.98. The van der Waals surface area contributed by atoms with Crippen molar-refractivity contribution in [3.8, 4) is 0 Å². The van der Waals surface area contributed by atoms with E-state index in [2.05, 4.69) is 16.0 Å².